The molecule has 0 aliphatic carbocycles. The van der Waals surface area contributed by atoms with Gasteiger partial charge in [0.1, 0.15) is 4.90 Å². The molecule has 0 spiro atoms. The molecule has 2 aromatic rings. The zero-order valence-corrected chi connectivity index (χ0v) is 12.5. The van der Waals surface area contributed by atoms with Crippen molar-refractivity contribution >= 4 is 32.3 Å². The number of fused-ring (bicyclic) bond motifs is 1. The lowest BCUT2D eigenvalue weighted by molar-refractivity contribution is 0.484. The molecule has 5 nitrogen and oxygen atoms in total. The molecule has 0 fully saturated rings. The fraction of sp³-hybridized carbons (Fsp3) is 0.286. The van der Waals surface area contributed by atoms with Crippen molar-refractivity contribution in [2.45, 2.75) is 11.8 Å². The lowest BCUT2D eigenvalue weighted by Crippen LogP contribution is -2.12. The lowest BCUT2D eigenvalue weighted by Gasteiger charge is -2.20. The van der Waals surface area contributed by atoms with Gasteiger partial charge in [-0.05, 0) is 19.1 Å². The van der Waals surface area contributed by atoms with Crippen LogP contribution in [0.2, 0.25) is 0 Å². The van der Waals surface area contributed by atoms with Gasteiger partial charge in [-0.15, -0.1) is 0 Å². The van der Waals surface area contributed by atoms with Crippen LogP contribution >= 0.6 is 0 Å². The van der Waals surface area contributed by atoms with E-state index in [0.717, 1.165) is 23.3 Å². The predicted octanol–water partition coefficient (Wildman–Crippen LogP) is 2.58. The topological polar surface area (TPSA) is 69.6 Å². The number of anilines is 2. The van der Waals surface area contributed by atoms with Crippen LogP contribution < -0.4 is 10.2 Å². The molecule has 2 N–H and O–H groups in total. The number of rotatable bonds is 4. The van der Waals surface area contributed by atoms with E-state index in [-0.39, 0.29) is 4.90 Å². The minimum Gasteiger partial charge on any atom is -0.383 e. The maximum Gasteiger partial charge on any atom is 0.295 e. The van der Waals surface area contributed by atoms with E-state index in [2.05, 4.69) is 5.32 Å². The summed E-state index contributed by atoms with van der Waals surface area (Å²) in [6, 6.07) is 8.44. The Balaban J connectivity index is 2.85. The smallest absolute Gasteiger partial charge is 0.295 e. The summed E-state index contributed by atoms with van der Waals surface area (Å²) in [5.41, 5.74) is 1.83. The molecule has 108 valence electrons. The minimum atomic E-state index is -4.24. The van der Waals surface area contributed by atoms with Crippen LogP contribution in [0.5, 0.6) is 0 Å². The van der Waals surface area contributed by atoms with Gasteiger partial charge in [-0.1, -0.05) is 18.2 Å². The average Bonchev–Trinajstić information content (AvgIpc) is 2.37. The van der Waals surface area contributed by atoms with Crippen molar-refractivity contribution in [3.63, 3.8) is 0 Å². The largest absolute Gasteiger partial charge is 0.383 e. The summed E-state index contributed by atoms with van der Waals surface area (Å²) in [4.78, 5) is 1.89. The van der Waals surface area contributed by atoms with E-state index in [1.807, 2.05) is 38.1 Å². The highest BCUT2D eigenvalue weighted by Crippen LogP contribution is 2.35. The summed E-state index contributed by atoms with van der Waals surface area (Å²) in [6.45, 7) is 2.70. The van der Waals surface area contributed by atoms with Gasteiger partial charge in [-0.2, -0.15) is 8.42 Å². The Morgan fingerprint density at radius 1 is 1.15 bits per heavy atom. The molecule has 0 aliphatic heterocycles. The van der Waals surface area contributed by atoms with E-state index < -0.39 is 10.1 Å². The monoisotopic (exact) mass is 294 g/mol. The Morgan fingerprint density at radius 2 is 1.85 bits per heavy atom. The number of hydrogen-bond donors (Lipinski definition) is 2. The highest BCUT2D eigenvalue weighted by Gasteiger charge is 2.17. The van der Waals surface area contributed by atoms with Gasteiger partial charge in [-0.3, -0.25) is 4.55 Å². The highest BCUT2D eigenvalue weighted by molar-refractivity contribution is 7.86. The van der Waals surface area contributed by atoms with Crippen LogP contribution in [0.1, 0.15) is 6.92 Å². The third kappa shape index (κ3) is 2.57. The fourth-order valence-corrected chi connectivity index (χ4v) is 2.98. The first-order valence-electron chi connectivity index (χ1n) is 6.30. The van der Waals surface area contributed by atoms with E-state index in [9.17, 15) is 13.0 Å². The number of nitrogens with one attached hydrogen (secondary N) is 1. The lowest BCUT2D eigenvalue weighted by atomic mass is 10.1. The Morgan fingerprint density at radius 3 is 2.40 bits per heavy atom. The number of hydrogen-bond acceptors (Lipinski definition) is 4. The zero-order valence-electron chi connectivity index (χ0n) is 11.7. The molecule has 0 aliphatic rings. The van der Waals surface area contributed by atoms with Crippen molar-refractivity contribution in [1.82, 2.24) is 0 Å². The molecular formula is C14H18N2O3S. The van der Waals surface area contributed by atoms with E-state index in [4.69, 9.17) is 0 Å². The first kappa shape index (κ1) is 14.6. The van der Waals surface area contributed by atoms with Crippen molar-refractivity contribution in [2.24, 2.45) is 0 Å². The standard InChI is InChI=1S/C14H18N2O3S/c1-4-15-14-11-6-5-7-13(20(17,18)19)10(11)8-9-12(14)16(2)3/h5-9,15H,4H2,1-3H3,(H,17,18,19). The van der Waals surface area contributed by atoms with Gasteiger partial charge in [0.2, 0.25) is 0 Å². The molecule has 2 aromatic carbocycles. The van der Waals surface area contributed by atoms with Gasteiger partial charge < -0.3 is 10.2 Å². The van der Waals surface area contributed by atoms with Crippen LogP contribution in [-0.2, 0) is 10.1 Å². The van der Waals surface area contributed by atoms with Crippen LogP contribution in [0.25, 0.3) is 10.8 Å². The molecular weight excluding hydrogens is 276 g/mol. The third-order valence-corrected chi connectivity index (χ3v) is 4.02. The van der Waals surface area contributed by atoms with Crippen molar-refractivity contribution in [3.05, 3.63) is 30.3 Å². The van der Waals surface area contributed by atoms with Crippen LogP contribution in [-0.4, -0.2) is 33.6 Å². The second kappa shape index (κ2) is 5.30. The molecule has 2 rings (SSSR count). The van der Waals surface area contributed by atoms with Gasteiger partial charge in [0, 0.05) is 31.4 Å². The Hall–Kier alpha value is -1.79. The molecule has 0 saturated heterocycles. The van der Waals surface area contributed by atoms with Crippen LogP contribution in [0.3, 0.4) is 0 Å². The van der Waals surface area contributed by atoms with Crippen LogP contribution in [0.15, 0.2) is 35.2 Å². The third-order valence-electron chi connectivity index (χ3n) is 3.11. The molecule has 0 radical (unpaired) electrons. The highest BCUT2D eigenvalue weighted by atomic mass is 32.2. The van der Waals surface area contributed by atoms with Crippen molar-refractivity contribution in [2.75, 3.05) is 30.9 Å². The Bertz CT molecular complexity index is 739. The van der Waals surface area contributed by atoms with Crippen molar-refractivity contribution < 1.29 is 13.0 Å². The van der Waals surface area contributed by atoms with Gasteiger partial charge >= 0.3 is 0 Å². The van der Waals surface area contributed by atoms with Gasteiger partial charge in [0.15, 0.2) is 0 Å². The SMILES string of the molecule is CCNc1c(N(C)C)ccc2c(S(=O)(=O)O)cccc12. The Kier molecular flexibility index (Phi) is 3.87. The summed E-state index contributed by atoms with van der Waals surface area (Å²) in [7, 11) is -0.385. The molecule has 6 heteroatoms. The normalized spacial score (nSPS) is 11.6. The second-order valence-corrected chi connectivity index (χ2v) is 6.10. The average molecular weight is 294 g/mol. The molecule has 0 aromatic heterocycles. The van der Waals surface area contributed by atoms with Gasteiger partial charge in [0.05, 0.1) is 11.4 Å². The molecule has 0 unspecified atom stereocenters. The maximum atomic E-state index is 11.5. The quantitative estimate of drug-likeness (QED) is 0.848. The fourth-order valence-electron chi connectivity index (χ4n) is 2.28. The van der Waals surface area contributed by atoms with Crippen molar-refractivity contribution in [1.29, 1.82) is 0 Å². The minimum absolute atomic E-state index is 0.0699. The zero-order chi connectivity index (χ0) is 14.9. The maximum absolute atomic E-state index is 11.5. The number of nitrogens with zero attached hydrogens (tertiary/aromatic N) is 1. The molecule has 0 atom stereocenters. The summed E-state index contributed by atoms with van der Waals surface area (Å²) in [5.74, 6) is 0. The molecule has 20 heavy (non-hydrogen) atoms. The molecule has 0 saturated carbocycles. The summed E-state index contributed by atoms with van der Waals surface area (Å²) >= 11 is 0. The second-order valence-electron chi connectivity index (χ2n) is 4.71. The van der Waals surface area contributed by atoms with E-state index in [1.165, 1.54) is 6.07 Å². The molecule has 0 heterocycles. The van der Waals surface area contributed by atoms with Gasteiger partial charge in [-0.25, -0.2) is 0 Å². The summed E-state index contributed by atoms with van der Waals surface area (Å²) in [5, 5.41) is 4.54. The summed E-state index contributed by atoms with van der Waals surface area (Å²) in [6.07, 6.45) is 0. The Labute approximate surface area is 119 Å². The molecule has 0 amide bonds. The summed E-state index contributed by atoms with van der Waals surface area (Å²) < 4.78 is 32.2. The van der Waals surface area contributed by atoms with Crippen LogP contribution in [0, 0.1) is 0 Å². The first-order valence-corrected chi connectivity index (χ1v) is 7.74. The van der Waals surface area contributed by atoms with Crippen LogP contribution in [0.4, 0.5) is 11.4 Å². The first-order chi connectivity index (χ1) is 9.36. The van der Waals surface area contributed by atoms with E-state index in [0.29, 0.717) is 5.39 Å². The van der Waals surface area contributed by atoms with E-state index in [1.54, 1.807) is 12.1 Å². The molecule has 0 bridgehead atoms. The van der Waals surface area contributed by atoms with E-state index >= 15 is 0 Å². The van der Waals surface area contributed by atoms with Crippen molar-refractivity contribution in [3.8, 4) is 0 Å². The van der Waals surface area contributed by atoms with Gasteiger partial charge in [0.25, 0.3) is 10.1 Å². The number of benzene rings is 2. The predicted molar refractivity (Wildman–Crippen MR) is 82.3 cm³/mol.